The van der Waals surface area contributed by atoms with Crippen molar-refractivity contribution in [1.29, 1.82) is 0 Å². The third-order valence-corrected chi connectivity index (χ3v) is 2.84. The number of ether oxygens (including phenoxy) is 2. The summed E-state index contributed by atoms with van der Waals surface area (Å²) in [6.45, 7) is 0. The van der Waals surface area contributed by atoms with E-state index in [0.717, 1.165) is 17.8 Å². The van der Waals surface area contributed by atoms with Gasteiger partial charge in [0.25, 0.3) is 0 Å². The largest absolute Gasteiger partial charge is 0.501 e. The van der Waals surface area contributed by atoms with Crippen LogP contribution < -0.4 is 5.32 Å². The Morgan fingerprint density at radius 2 is 2.25 bits per heavy atom. The molecule has 0 bridgehead atoms. The van der Waals surface area contributed by atoms with E-state index in [-0.39, 0.29) is 6.10 Å². The second-order valence-corrected chi connectivity index (χ2v) is 3.73. The van der Waals surface area contributed by atoms with E-state index in [1.807, 2.05) is 31.4 Å². The number of likely N-dealkylation sites (N-methyl/N-ethyl adjacent to an activating group) is 1. The zero-order valence-corrected chi connectivity index (χ0v) is 10.6. The Labute approximate surface area is 102 Å². The first-order chi connectivity index (χ1) is 7.72. The van der Waals surface area contributed by atoms with Crippen LogP contribution in [0.15, 0.2) is 35.6 Å². The SMILES string of the molecule is CNC(=S)/C1=C/C/C(OC)=C\C=CC1OC. The molecule has 1 unspecified atom stereocenters. The minimum atomic E-state index is -0.102. The van der Waals surface area contributed by atoms with Gasteiger partial charge in [0.05, 0.1) is 12.9 Å². The lowest BCUT2D eigenvalue weighted by atomic mass is 10.0. The Balaban J connectivity index is 2.98. The molecule has 0 amide bonds. The van der Waals surface area contributed by atoms with E-state index >= 15 is 0 Å². The highest BCUT2D eigenvalue weighted by Gasteiger charge is 2.15. The van der Waals surface area contributed by atoms with Gasteiger partial charge < -0.3 is 14.8 Å². The van der Waals surface area contributed by atoms with Gasteiger partial charge in [-0.25, -0.2) is 0 Å². The summed E-state index contributed by atoms with van der Waals surface area (Å²) in [5, 5.41) is 2.97. The smallest absolute Gasteiger partial charge is 0.104 e. The molecule has 1 rings (SSSR count). The lowest BCUT2D eigenvalue weighted by Gasteiger charge is -2.18. The summed E-state index contributed by atoms with van der Waals surface area (Å²) in [6.07, 6.45) is 8.46. The van der Waals surface area contributed by atoms with Crippen LogP contribution in [0.5, 0.6) is 0 Å². The van der Waals surface area contributed by atoms with E-state index in [1.165, 1.54) is 0 Å². The highest BCUT2D eigenvalue weighted by atomic mass is 32.1. The molecule has 0 heterocycles. The molecule has 1 aliphatic carbocycles. The summed E-state index contributed by atoms with van der Waals surface area (Å²) in [5.41, 5.74) is 0.971. The van der Waals surface area contributed by atoms with E-state index in [4.69, 9.17) is 21.7 Å². The standard InChI is InChI=1S/C12H17NO2S/c1-13-12(16)10-8-7-9(14-2)5-4-6-11(10)15-3/h4-6,8,11H,7H2,1-3H3,(H,13,16)/b6-4?,9-5+,10-8+. The average molecular weight is 239 g/mol. The molecule has 4 heteroatoms. The van der Waals surface area contributed by atoms with E-state index in [9.17, 15) is 0 Å². The minimum absolute atomic E-state index is 0.102. The van der Waals surface area contributed by atoms with Crippen LogP contribution in [0.4, 0.5) is 0 Å². The highest BCUT2D eigenvalue weighted by molar-refractivity contribution is 7.80. The Kier molecular flexibility index (Phi) is 5.22. The van der Waals surface area contributed by atoms with Crippen molar-refractivity contribution in [2.75, 3.05) is 21.3 Å². The molecular weight excluding hydrogens is 222 g/mol. The first kappa shape index (κ1) is 12.9. The van der Waals surface area contributed by atoms with E-state index < -0.39 is 0 Å². The summed E-state index contributed by atoms with van der Waals surface area (Å²) in [4.78, 5) is 0.703. The third kappa shape index (κ3) is 3.18. The van der Waals surface area contributed by atoms with Crippen molar-refractivity contribution in [2.24, 2.45) is 0 Å². The molecule has 88 valence electrons. The fourth-order valence-corrected chi connectivity index (χ4v) is 1.68. The van der Waals surface area contributed by atoms with Gasteiger partial charge in [0.1, 0.15) is 11.1 Å². The van der Waals surface area contributed by atoms with Crippen molar-refractivity contribution in [1.82, 2.24) is 5.32 Å². The lowest BCUT2D eigenvalue weighted by molar-refractivity contribution is 0.172. The van der Waals surface area contributed by atoms with Crippen LogP contribution in [0.25, 0.3) is 0 Å². The molecule has 0 radical (unpaired) electrons. The number of allylic oxidation sites excluding steroid dienone is 3. The Hall–Kier alpha value is -1.13. The van der Waals surface area contributed by atoms with Gasteiger partial charge in [-0.15, -0.1) is 0 Å². The molecule has 0 aromatic heterocycles. The van der Waals surface area contributed by atoms with Crippen molar-refractivity contribution in [3.63, 3.8) is 0 Å². The van der Waals surface area contributed by atoms with Gasteiger partial charge in [0.15, 0.2) is 0 Å². The molecule has 1 N–H and O–H groups in total. The van der Waals surface area contributed by atoms with Crippen LogP contribution >= 0.6 is 12.2 Å². The maximum atomic E-state index is 5.38. The van der Waals surface area contributed by atoms with E-state index in [0.29, 0.717) is 4.99 Å². The van der Waals surface area contributed by atoms with E-state index in [1.54, 1.807) is 14.2 Å². The number of thiocarbonyl (C=S) groups is 1. The predicted octanol–water partition coefficient (Wildman–Crippen LogP) is 1.96. The van der Waals surface area contributed by atoms with Crippen LogP contribution in [0.3, 0.4) is 0 Å². The highest BCUT2D eigenvalue weighted by Crippen LogP contribution is 2.16. The zero-order chi connectivity index (χ0) is 12.0. The van der Waals surface area contributed by atoms with Crippen LogP contribution in [0, 0.1) is 0 Å². The van der Waals surface area contributed by atoms with Gasteiger partial charge >= 0.3 is 0 Å². The van der Waals surface area contributed by atoms with Gasteiger partial charge in [-0.2, -0.15) is 0 Å². The molecule has 1 aliphatic rings. The fourth-order valence-electron chi connectivity index (χ4n) is 1.49. The van der Waals surface area contributed by atoms with Crippen LogP contribution in [-0.4, -0.2) is 32.4 Å². The fraction of sp³-hybridized carbons (Fsp3) is 0.417. The molecule has 0 aromatic rings. The molecular formula is C12H17NO2S. The van der Waals surface area contributed by atoms with Gasteiger partial charge in [-0.05, 0) is 6.08 Å². The number of rotatable bonds is 3. The summed E-state index contributed by atoms with van der Waals surface area (Å²) in [5.74, 6) is 0.905. The van der Waals surface area contributed by atoms with Crippen molar-refractivity contribution in [3.05, 3.63) is 35.6 Å². The minimum Gasteiger partial charge on any atom is -0.501 e. The molecule has 0 fully saturated rings. The lowest BCUT2D eigenvalue weighted by Crippen LogP contribution is -2.26. The quantitative estimate of drug-likeness (QED) is 0.763. The normalized spacial score (nSPS) is 26.8. The maximum absolute atomic E-state index is 5.38. The second kappa shape index (κ2) is 6.45. The van der Waals surface area contributed by atoms with Gasteiger partial charge in [-0.1, -0.05) is 30.4 Å². The molecule has 16 heavy (non-hydrogen) atoms. The second-order valence-electron chi connectivity index (χ2n) is 3.32. The zero-order valence-electron chi connectivity index (χ0n) is 9.82. The molecule has 0 saturated carbocycles. The molecule has 0 spiro atoms. The first-order valence-corrected chi connectivity index (χ1v) is 5.50. The predicted molar refractivity (Wildman–Crippen MR) is 69.4 cm³/mol. The average Bonchev–Trinajstić information content (AvgIpc) is 2.29. The molecule has 0 aromatic carbocycles. The van der Waals surface area contributed by atoms with Crippen molar-refractivity contribution >= 4 is 17.2 Å². The first-order valence-electron chi connectivity index (χ1n) is 5.09. The molecule has 0 aliphatic heterocycles. The topological polar surface area (TPSA) is 30.5 Å². The number of hydrogen-bond donors (Lipinski definition) is 1. The monoisotopic (exact) mass is 239 g/mol. The van der Waals surface area contributed by atoms with Crippen LogP contribution in [0.1, 0.15) is 6.42 Å². The van der Waals surface area contributed by atoms with Gasteiger partial charge in [0.2, 0.25) is 0 Å². The van der Waals surface area contributed by atoms with Crippen molar-refractivity contribution in [2.45, 2.75) is 12.5 Å². The number of hydrogen-bond acceptors (Lipinski definition) is 3. The van der Waals surface area contributed by atoms with Crippen molar-refractivity contribution < 1.29 is 9.47 Å². The van der Waals surface area contributed by atoms with Crippen LogP contribution in [-0.2, 0) is 9.47 Å². The van der Waals surface area contributed by atoms with E-state index in [2.05, 4.69) is 5.32 Å². The summed E-state index contributed by atoms with van der Waals surface area (Å²) < 4.78 is 10.6. The summed E-state index contributed by atoms with van der Waals surface area (Å²) in [6, 6.07) is 0. The molecule has 3 nitrogen and oxygen atoms in total. The Morgan fingerprint density at radius 3 is 2.81 bits per heavy atom. The van der Waals surface area contributed by atoms with Gasteiger partial charge in [0, 0.05) is 26.2 Å². The van der Waals surface area contributed by atoms with Crippen molar-refractivity contribution in [3.8, 4) is 0 Å². The third-order valence-electron chi connectivity index (χ3n) is 2.40. The summed E-state index contributed by atoms with van der Waals surface area (Å²) in [7, 11) is 5.15. The summed E-state index contributed by atoms with van der Waals surface area (Å²) >= 11 is 5.24. The molecule has 0 saturated heterocycles. The molecule has 1 atom stereocenters. The Bertz CT molecular complexity index is 345. The maximum Gasteiger partial charge on any atom is 0.104 e. The van der Waals surface area contributed by atoms with Crippen LogP contribution in [0.2, 0.25) is 0 Å². The van der Waals surface area contributed by atoms with Gasteiger partial charge in [-0.3, -0.25) is 0 Å². The Morgan fingerprint density at radius 1 is 1.50 bits per heavy atom. The number of nitrogens with one attached hydrogen (secondary N) is 1. The number of methoxy groups -OCH3 is 2.